The van der Waals surface area contributed by atoms with Gasteiger partial charge in [-0.25, -0.2) is 24.1 Å². The average Bonchev–Trinajstić information content (AvgIpc) is 3.71. The molecule has 0 saturated carbocycles. The molecule has 0 aliphatic carbocycles. The number of aromatic nitrogens is 5. The van der Waals surface area contributed by atoms with E-state index in [-0.39, 0.29) is 35.6 Å². The molecule has 0 unspecified atom stereocenters. The first-order valence-corrected chi connectivity index (χ1v) is 22.1. The topological polar surface area (TPSA) is 146 Å². The second-order valence-electron chi connectivity index (χ2n) is 16.3. The third-order valence-electron chi connectivity index (χ3n) is 11.9. The van der Waals surface area contributed by atoms with Crippen molar-refractivity contribution in [3.8, 4) is 57.2 Å². The van der Waals surface area contributed by atoms with Crippen molar-refractivity contribution in [3.63, 3.8) is 0 Å². The van der Waals surface area contributed by atoms with Gasteiger partial charge in [0.15, 0.2) is 11.6 Å². The zero-order chi connectivity index (χ0) is 46.1. The Morgan fingerprint density at radius 1 is 0.909 bits per heavy atom. The molecule has 0 radical (unpaired) electrons. The van der Waals surface area contributed by atoms with E-state index in [0.717, 1.165) is 31.7 Å². The van der Waals surface area contributed by atoms with Gasteiger partial charge in [-0.15, -0.1) is 0 Å². The maximum atomic E-state index is 14.4. The van der Waals surface area contributed by atoms with Crippen LogP contribution in [0.25, 0.3) is 39.4 Å². The SMILES string of the molecule is COc1ccccc1-c1nccc(COc2ccc3cc2C[C@H](C(=O)O)Oc2ncnc4cc(-c5ccc(F)cc5)n(c24)-c2c(C)c(Cl)c(c(Cl)c2C)O[C@H](CN2CCN(C)CC2)CO3)n1. The van der Waals surface area contributed by atoms with Crippen LogP contribution in [0.5, 0.6) is 28.9 Å². The lowest BCUT2D eigenvalue weighted by atomic mass is 10.1. The fourth-order valence-corrected chi connectivity index (χ4v) is 8.87. The van der Waals surface area contributed by atoms with E-state index in [4.69, 9.17) is 51.9 Å². The Morgan fingerprint density at radius 2 is 1.67 bits per heavy atom. The molecule has 66 heavy (non-hydrogen) atoms. The summed E-state index contributed by atoms with van der Waals surface area (Å²) in [7, 11) is 3.69. The molecule has 7 aromatic rings. The van der Waals surface area contributed by atoms with Crippen molar-refractivity contribution < 1.29 is 38.0 Å². The van der Waals surface area contributed by atoms with Gasteiger partial charge in [-0.2, -0.15) is 4.98 Å². The first kappa shape index (κ1) is 44.7. The van der Waals surface area contributed by atoms with Crippen molar-refractivity contribution in [3.05, 3.63) is 130 Å². The second kappa shape index (κ2) is 19.1. The number of benzene rings is 4. The number of fused-ring (bicyclic) bond motifs is 7. The monoisotopic (exact) mass is 933 g/mol. The quantitative estimate of drug-likeness (QED) is 0.148. The summed E-state index contributed by atoms with van der Waals surface area (Å²) < 4.78 is 47.9. The molecule has 1 N–H and O–H groups in total. The molecule has 6 heterocycles. The summed E-state index contributed by atoms with van der Waals surface area (Å²) in [6.07, 6.45) is 0.749. The Labute approximate surface area is 390 Å². The number of ether oxygens (including phenoxy) is 5. The largest absolute Gasteiger partial charge is 0.496 e. The molecular weight excluding hydrogens is 888 g/mol. The molecule has 2 atom stereocenters. The van der Waals surface area contributed by atoms with E-state index in [1.165, 1.54) is 18.5 Å². The lowest BCUT2D eigenvalue weighted by Crippen LogP contribution is -2.49. The van der Waals surface area contributed by atoms with Gasteiger partial charge in [-0.1, -0.05) is 35.3 Å². The van der Waals surface area contributed by atoms with E-state index in [2.05, 4.69) is 31.8 Å². The van der Waals surface area contributed by atoms with Crippen LogP contribution in [0.4, 0.5) is 4.39 Å². The Bertz CT molecular complexity index is 2900. The normalized spacial score (nSPS) is 16.8. The molecular formula is C49H46Cl2FN7O7. The van der Waals surface area contributed by atoms with Crippen LogP contribution in [0.15, 0.2) is 91.4 Å². The first-order chi connectivity index (χ1) is 31.9. The molecule has 340 valence electrons. The van der Waals surface area contributed by atoms with Gasteiger partial charge < -0.3 is 38.3 Å². The number of carbonyl (C=O) groups is 1. The van der Waals surface area contributed by atoms with E-state index in [1.54, 1.807) is 49.7 Å². The van der Waals surface area contributed by atoms with Gasteiger partial charge in [0.25, 0.3) is 0 Å². The highest BCUT2D eigenvalue weighted by atomic mass is 35.5. The predicted molar refractivity (Wildman–Crippen MR) is 248 cm³/mol. The van der Waals surface area contributed by atoms with Gasteiger partial charge in [-0.05, 0) is 104 Å². The number of rotatable bonds is 9. The lowest BCUT2D eigenvalue weighted by Gasteiger charge is -2.35. The number of hydrogen-bond acceptors (Lipinski definition) is 12. The summed E-state index contributed by atoms with van der Waals surface area (Å²) >= 11 is 14.6. The first-order valence-electron chi connectivity index (χ1n) is 21.4. The number of piperazine rings is 1. The molecule has 1 fully saturated rings. The maximum Gasteiger partial charge on any atom is 0.345 e. The highest BCUT2D eigenvalue weighted by Crippen LogP contribution is 2.46. The molecule has 17 heteroatoms. The van der Waals surface area contributed by atoms with E-state index in [0.29, 0.717) is 85.7 Å². The molecule has 4 aromatic carbocycles. The third-order valence-corrected chi connectivity index (χ3v) is 12.8. The average molecular weight is 935 g/mol. The molecule has 3 aliphatic heterocycles. The van der Waals surface area contributed by atoms with Crippen molar-refractivity contribution in [2.75, 3.05) is 53.5 Å². The maximum absolute atomic E-state index is 14.4. The highest BCUT2D eigenvalue weighted by molar-refractivity contribution is 6.38. The van der Waals surface area contributed by atoms with Crippen LogP contribution in [0.1, 0.15) is 22.4 Å². The van der Waals surface area contributed by atoms with Crippen LogP contribution < -0.4 is 23.7 Å². The predicted octanol–water partition coefficient (Wildman–Crippen LogP) is 8.66. The van der Waals surface area contributed by atoms with Crippen molar-refractivity contribution in [1.82, 2.24) is 34.3 Å². The number of para-hydroxylation sites is 1. The molecule has 3 aliphatic rings. The van der Waals surface area contributed by atoms with Gasteiger partial charge in [0.2, 0.25) is 12.0 Å². The summed E-state index contributed by atoms with van der Waals surface area (Å²) in [4.78, 5) is 36.2. The molecule has 10 rings (SSSR count). The number of carboxylic acid groups (broad SMARTS) is 1. The van der Waals surface area contributed by atoms with Gasteiger partial charge in [0, 0.05) is 50.9 Å². The Kier molecular flexibility index (Phi) is 13.0. The zero-order valence-electron chi connectivity index (χ0n) is 36.6. The van der Waals surface area contributed by atoms with E-state index < -0.39 is 24.0 Å². The van der Waals surface area contributed by atoms with E-state index in [1.807, 2.05) is 48.7 Å². The molecule has 14 nitrogen and oxygen atoms in total. The number of likely N-dealkylation sites (N-methyl/N-ethyl adjacent to an activating group) is 1. The number of nitrogens with zero attached hydrogens (tertiary/aromatic N) is 7. The minimum atomic E-state index is -1.49. The van der Waals surface area contributed by atoms with Crippen molar-refractivity contribution in [2.45, 2.75) is 39.1 Å². The smallest absolute Gasteiger partial charge is 0.345 e. The molecule has 1 saturated heterocycles. The van der Waals surface area contributed by atoms with E-state index >= 15 is 0 Å². The molecule has 3 aromatic heterocycles. The van der Waals surface area contributed by atoms with Crippen molar-refractivity contribution in [1.29, 1.82) is 0 Å². The molecule has 0 amide bonds. The van der Waals surface area contributed by atoms with Gasteiger partial charge >= 0.3 is 5.97 Å². The van der Waals surface area contributed by atoms with Crippen LogP contribution in [0, 0.1) is 19.7 Å². The number of hydrogen-bond donors (Lipinski definition) is 1. The summed E-state index contributed by atoms with van der Waals surface area (Å²) in [5.74, 6) is 0.517. The summed E-state index contributed by atoms with van der Waals surface area (Å²) in [6.45, 7) is 7.78. The number of halogens is 3. The lowest BCUT2D eigenvalue weighted by molar-refractivity contribution is -0.145. The second-order valence-corrected chi connectivity index (χ2v) is 17.0. The highest BCUT2D eigenvalue weighted by Gasteiger charge is 2.31. The van der Waals surface area contributed by atoms with Crippen LogP contribution in [0.3, 0.4) is 0 Å². The zero-order valence-corrected chi connectivity index (χ0v) is 38.1. The number of aliphatic carboxylic acids is 1. The Balaban J connectivity index is 1.16. The Morgan fingerprint density at radius 3 is 2.41 bits per heavy atom. The number of carboxylic acids is 1. The van der Waals surface area contributed by atoms with Crippen LogP contribution in [-0.2, 0) is 17.8 Å². The third kappa shape index (κ3) is 9.16. The number of methoxy groups -OCH3 is 1. The fraction of sp³-hybridized carbons (Fsp3) is 0.286. The van der Waals surface area contributed by atoms with Crippen LogP contribution in [-0.4, -0.2) is 111 Å². The fourth-order valence-electron chi connectivity index (χ4n) is 8.37. The minimum Gasteiger partial charge on any atom is -0.496 e. The summed E-state index contributed by atoms with van der Waals surface area (Å²) in [6, 6.07) is 22.3. The summed E-state index contributed by atoms with van der Waals surface area (Å²) in [5, 5.41) is 11.4. The standard InChI is InChI=1S/C49H46Cl2FN7O7/c1-28-42(50)46-43(51)29(2)44(28)59-38(30-9-11-32(52)12-10-30)23-37-45(59)48(55-27-54-37)66-41(49(60)61)22-31-21-34(63-26-35(65-46)24-58-19-17-57(3)18-20-58)13-14-39(31)64-25-33-15-16-53-47(56-33)36-7-5-6-8-40(36)62-4/h5-16,21,23,27,35,41H,17-20,22,24-26H2,1-4H3,(H,60,61)/t35-,41-/m1/s1. The van der Waals surface area contributed by atoms with Gasteiger partial charge in [0.05, 0.1) is 45.3 Å². The molecule has 4 bridgehead atoms. The van der Waals surface area contributed by atoms with Crippen molar-refractivity contribution in [2.24, 2.45) is 0 Å². The van der Waals surface area contributed by atoms with E-state index in [9.17, 15) is 14.3 Å². The van der Waals surface area contributed by atoms with Gasteiger partial charge in [-0.3, -0.25) is 4.90 Å². The van der Waals surface area contributed by atoms with Crippen LogP contribution in [0.2, 0.25) is 10.0 Å². The summed E-state index contributed by atoms with van der Waals surface area (Å²) in [5.41, 5.74) is 5.54. The Hall–Kier alpha value is -6.52. The van der Waals surface area contributed by atoms with Gasteiger partial charge in [0.1, 0.15) is 54.2 Å². The van der Waals surface area contributed by atoms with Crippen molar-refractivity contribution >= 4 is 40.2 Å². The minimum absolute atomic E-state index is 0.0246. The molecule has 0 spiro atoms. The van der Waals surface area contributed by atoms with Crippen LogP contribution >= 0.6 is 23.2 Å².